The Hall–Kier alpha value is 0.560. The van der Waals surface area contributed by atoms with Crippen LogP contribution in [0.15, 0.2) is 0 Å². The Morgan fingerprint density at radius 1 is 1.33 bits per heavy atom. The predicted octanol–water partition coefficient (Wildman–Crippen LogP) is 4.67. The maximum Gasteiger partial charge on any atom is 0.306 e. The molecule has 0 heterocycles. The van der Waals surface area contributed by atoms with Gasteiger partial charge in [0.05, 0.1) is 13.0 Å². The van der Waals surface area contributed by atoms with E-state index in [0.717, 1.165) is 0 Å². The SMILES string of the molecule is CCOC(=O)CC(C(Cl)CC(Cl)(Cl)Cl)C(C)(C)F. The molecule has 0 amide bonds. The molecule has 0 aromatic carbocycles. The number of halogens is 5. The molecular formula is C11H17Cl4FO2. The standard InChI is InChI=1S/C11H17Cl4FO2/c1-4-18-9(17)5-7(10(2,3)16)8(12)6-11(13,14)15/h7-8H,4-6H2,1-3H3. The Morgan fingerprint density at radius 2 is 1.83 bits per heavy atom. The van der Waals surface area contributed by atoms with Gasteiger partial charge >= 0.3 is 5.97 Å². The largest absolute Gasteiger partial charge is 0.466 e. The van der Waals surface area contributed by atoms with Crippen molar-refractivity contribution in [2.75, 3.05) is 6.61 Å². The molecule has 2 nitrogen and oxygen atoms in total. The number of rotatable bonds is 6. The van der Waals surface area contributed by atoms with Crippen LogP contribution >= 0.6 is 46.4 Å². The zero-order valence-electron chi connectivity index (χ0n) is 10.5. The van der Waals surface area contributed by atoms with Gasteiger partial charge < -0.3 is 4.74 Å². The van der Waals surface area contributed by atoms with Gasteiger partial charge in [-0.3, -0.25) is 4.79 Å². The molecule has 0 aromatic rings. The van der Waals surface area contributed by atoms with Crippen molar-refractivity contribution in [2.24, 2.45) is 5.92 Å². The van der Waals surface area contributed by atoms with Crippen molar-refractivity contribution >= 4 is 52.4 Å². The topological polar surface area (TPSA) is 26.3 Å². The van der Waals surface area contributed by atoms with Crippen molar-refractivity contribution in [2.45, 2.75) is 48.5 Å². The van der Waals surface area contributed by atoms with Crippen molar-refractivity contribution in [1.29, 1.82) is 0 Å². The van der Waals surface area contributed by atoms with Gasteiger partial charge in [-0.25, -0.2) is 4.39 Å². The predicted molar refractivity (Wildman–Crippen MR) is 74.5 cm³/mol. The lowest BCUT2D eigenvalue weighted by atomic mass is 9.85. The molecule has 7 heteroatoms. The van der Waals surface area contributed by atoms with Crippen molar-refractivity contribution in [1.82, 2.24) is 0 Å². The van der Waals surface area contributed by atoms with Gasteiger partial charge in [0.15, 0.2) is 3.79 Å². The number of hydrogen-bond donors (Lipinski definition) is 0. The summed E-state index contributed by atoms with van der Waals surface area (Å²) in [6, 6.07) is 0. The first-order valence-corrected chi connectivity index (χ1v) is 7.09. The van der Waals surface area contributed by atoms with Gasteiger partial charge in [-0.15, -0.1) is 11.6 Å². The lowest BCUT2D eigenvalue weighted by molar-refractivity contribution is -0.145. The van der Waals surface area contributed by atoms with E-state index in [4.69, 9.17) is 51.1 Å². The van der Waals surface area contributed by atoms with Crippen LogP contribution < -0.4 is 0 Å². The summed E-state index contributed by atoms with van der Waals surface area (Å²) < 4.78 is 17.3. The summed E-state index contributed by atoms with van der Waals surface area (Å²) in [6.07, 6.45) is -0.192. The fourth-order valence-electron chi connectivity index (χ4n) is 1.56. The van der Waals surface area contributed by atoms with Crippen molar-refractivity contribution in [3.8, 4) is 0 Å². The van der Waals surface area contributed by atoms with E-state index in [0.29, 0.717) is 0 Å². The van der Waals surface area contributed by atoms with Crippen LogP contribution in [0.3, 0.4) is 0 Å². The van der Waals surface area contributed by atoms with E-state index in [-0.39, 0.29) is 19.4 Å². The van der Waals surface area contributed by atoms with Crippen LogP contribution in [-0.2, 0) is 9.53 Å². The Morgan fingerprint density at radius 3 is 2.17 bits per heavy atom. The maximum atomic E-state index is 14.1. The monoisotopic (exact) mass is 340 g/mol. The number of alkyl halides is 5. The van der Waals surface area contributed by atoms with Gasteiger partial charge in [-0.1, -0.05) is 34.8 Å². The van der Waals surface area contributed by atoms with Crippen LogP contribution in [-0.4, -0.2) is 27.4 Å². The normalized spacial score (nSPS) is 16.2. The molecule has 18 heavy (non-hydrogen) atoms. The Labute approximate surface area is 127 Å². The summed E-state index contributed by atoms with van der Waals surface area (Å²) in [7, 11) is 0. The smallest absolute Gasteiger partial charge is 0.306 e. The number of esters is 1. The van der Waals surface area contributed by atoms with Gasteiger partial charge in [-0.2, -0.15) is 0 Å². The molecule has 0 bridgehead atoms. The van der Waals surface area contributed by atoms with E-state index in [9.17, 15) is 9.18 Å². The summed E-state index contributed by atoms with van der Waals surface area (Å²) in [4.78, 5) is 11.4. The molecule has 0 spiro atoms. The van der Waals surface area contributed by atoms with Crippen LogP contribution in [0.2, 0.25) is 0 Å². The molecule has 2 atom stereocenters. The lowest BCUT2D eigenvalue weighted by Crippen LogP contribution is -2.37. The second-order valence-electron chi connectivity index (χ2n) is 4.52. The molecule has 0 aliphatic carbocycles. The molecule has 0 aliphatic heterocycles. The Kier molecular flexibility index (Phi) is 7.60. The van der Waals surface area contributed by atoms with Crippen LogP contribution in [0.4, 0.5) is 4.39 Å². The third kappa shape index (κ3) is 7.88. The average Bonchev–Trinajstić information content (AvgIpc) is 2.09. The summed E-state index contributed by atoms with van der Waals surface area (Å²) in [5.41, 5.74) is -1.67. The van der Waals surface area contributed by atoms with Gasteiger partial charge in [0.2, 0.25) is 0 Å². The molecule has 0 aromatic heterocycles. The van der Waals surface area contributed by atoms with Crippen molar-refractivity contribution in [3.63, 3.8) is 0 Å². The molecule has 0 fully saturated rings. The number of ether oxygens (including phenoxy) is 1. The van der Waals surface area contributed by atoms with Gasteiger partial charge in [0.25, 0.3) is 0 Å². The molecule has 2 unspecified atom stereocenters. The molecule has 0 N–H and O–H groups in total. The fourth-order valence-corrected chi connectivity index (χ4v) is 2.92. The average molecular weight is 342 g/mol. The fraction of sp³-hybridized carbons (Fsp3) is 0.909. The lowest BCUT2D eigenvalue weighted by Gasteiger charge is -2.31. The van der Waals surface area contributed by atoms with Crippen LogP contribution in [0.5, 0.6) is 0 Å². The molecule has 108 valence electrons. The van der Waals surface area contributed by atoms with E-state index < -0.39 is 26.7 Å². The minimum Gasteiger partial charge on any atom is -0.466 e. The summed E-state index contributed by atoms with van der Waals surface area (Å²) in [5.74, 6) is -1.29. The first-order chi connectivity index (χ1) is 7.97. The maximum absolute atomic E-state index is 14.1. The minimum atomic E-state index is -1.67. The number of carbonyl (C=O) groups excluding carboxylic acids is 1. The van der Waals surface area contributed by atoms with E-state index in [2.05, 4.69) is 0 Å². The summed E-state index contributed by atoms with van der Waals surface area (Å²) in [5, 5.41) is -0.776. The van der Waals surface area contributed by atoms with E-state index in [1.807, 2.05) is 0 Å². The van der Waals surface area contributed by atoms with E-state index >= 15 is 0 Å². The quantitative estimate of drug-likeness (QED) is 0.518. The molecular weight excluding hydrogens is 325 g/mol. The second-order valence-corrected chi connectivity index (χ2v) is 7.59. The first-order valence-electron chi connectivity index (χ1n) is 5.52. The Bertz CT molecular complexity index is 273. The highest BCUT2D eigenvalue weighted by molar-refractivity contribution is 6.67. The van der Waals surface area contributed by atoms with Crippen LogP contribution in [0, 0.1) is 5.92 Å². The van der Waals surface area contributed by atoms with Crippen molar-refractivity contribution in [3.05, 3.63) is 0 Å². The van der Waals surface area contributed by atoms with E-state index in [1.165, 1.54) is 13.8 Å². The van der Waals surface area contributed by atoms with Crippen LogP contribution in [0.25, 0.3) is 0 Å². The third-order valence-corrected chi connectivity index (χ3v) is 3.36. The summed E-state index contributed by atoms with van der Waals surface area (Å²) in [6.45, 7) is 4.58. The highest BCUT2D eigenvalue weighted by atomic mass is 35.6. The minimum absolute atomic E-state index is 0.0450. The van der Waals surface area contributed by atoms with Gasteiger partial charge in [0.1, 0.15) is 5.67 Å². The van der Waals surface area contributed by atoms with Crippen LogP contribution in [0.1, 0.15) is 33.6 Å². The molecule has 0 saturated heterocycles. The highest BCUT2D eigenvalue weighted by Gasteiger charge is 2.40. The Balaban J connectivity index is 4.74. The number of carbonyl (C=O) groups is 1. The molecule has 0 aliphatic rings. The van der Waals surface area contributed by atoms with E-state index in [1.54, 1.807) is 6.92 Å². The molecule has 0 saturated carbocycles. The zero-order valence-corrected chi connectivity index (χ0v) is 13.5. The molecule has 0 radical (unpaired) electrons. The third-order valence-electron chi connectivity index (χ3n) is 2.44. The molecule has 0 rings (SSSR count). The number of hydrogen-bond acceptors (Lipinski definition) is 2. The van der Waals surface area contributed by atoms with Gasteiger partial charge in [-0.05, 0) is 20.8 Å². The van der Waals surface area contributed by atoms with Crippen molar-refractivity contribution < 1.29 is 13.9 Å². The zero-order chi connectivity index (χ0) is 14.6. The first kappa shape index (κ1) is 18.6. The second kappa shape index (κ2) is 7.37. The highest BCUT2D eigenvalue weighted by Crippen LogP contribution is 2.40. The summed E-state index contributed by atoms with van der Waals surface area (Å²) >= 11 is 22.9. The van der Waals surface area contributed by atoms with Gasteiger partial charge in [0, 0.05) is 17.7 Å².